The average Bonchev–Trinajstić information content (AvgIpc) is 2.29. The summed E-state index contributed by atoms with van der Waals surface area (Å²) in [5, 5.41) is 9.89. The van der Waals surface area contributed by atoms with Crippen LogP contribution in [-0.4, -0.2) is 45.6 Å². The van der Waals surface area contributed by atoms with Crippen LogP contribution in [0.25, 0.3) is 0 Å². The van der Waals surface area contributed by atoms with Gasteiger partial charge in [-0.15, -0.1) is 0 Å². The van der Waals surface area contributed by atoms with Crippen molar-refractivity contribution in [3.8, 4) is 0 Å². The first-order valence-electron chi connectivity index (χ1n) is 6.28. The Balaban J connectivity index is 4.62. The number of hydrogen-bond donors (Lipinski definition) is 1. The first kappa shape index (κ1) is 17.5. The Labute approximate surface area is 110 Å². The van der Waals surface area contributed by atoms with Crippen LogP contribution in [0.15, 0.2) is 12.7 Å². The predicted molar refractivity (Wildman–Crippen MR) is 71.3 cm³/mol. The van der Waals surface area contributed by atoms with E-state index >= 15 is 0 Å². The van der Waals surface area contributed by atoms with E-state index in [9.17, 15) is 9.90 Å². The number of rotatable bonds is 11. The van der Waals surface area contributed by atoms with Crippen molar-refractivity contribution in [1.82, 2.24) is 0 Å². The lowest BCUT2D eigenvalue weighted by Crippen LogP contribution is -2.48. The van der Waals surface area contributed by atoms with Crippen molar-refractivity contribution in [1.29, 1.82) is 0 Å². The summed E-state index contributed by atoms with van der Waals surface area (Å²) in [7, 11) is -2.87. The molecule has 1 atom stereocenters. The van der Waals surface area contributed by atoms with Crippen LogP contribution in [0.3, 0.4) is 0 Å². The highest BCUT2D eigenvalue weighted by Crippen LogP contribution is 2.20. The molecule has 0 amide bonds. The molecule has 0 aromatic carbocycles. The second kappa shape index (κ2) is 9.40. The number of carbonyl (C=O) groups is 1. The minimum absolute atomic E-state index is 0.0193. The summed E-state index contributed by atoms with van der Waals surface area (Å²) in [5.41, 5.74) is 0. The number of aliphatic hydroxyl groups is 1. The lowest BCUT2D eigenvalue weighted by atomic mass is 10.2. The van der Waals surface area contributed by atoms with Crippen molar-refractivity contribution >= 4 is 14.6 Å². The predicted octanol–water partition coefficient (Wildman–Crippen LogP) is 1.54. The van der Waals surface area contributed by atoms with Gasteiger partial charge in [-0.3, -0.25) is 4.79 Å². The standard InChI is InChI=1S/C12H24O5Si/c1-5-11(13)9-12(14)10-18(15-6-2,16-7-3)17-8-4/h5,12,14H,1,6-10H2,2-4H3. The van der Waals surface area contributed by atoms with E-state index in [1.807, 2.05) is 20.8 Å². The monoisotopic (exact) mass is 276 g/mol. The van der Waals surface area contributed by atoms with Crippen molar-refractivity contribution in [2.45, 2.75) is 39.3 Å². The third-order valence-electron chi connectivity index (χ3n) is 2.24. The molecule has 0 saturated heterocycles. The highest BCUT2D eigenvalue weighted by Gasteiger charge is 2.42. The van der Waals surface area contributed by atoms with Gasteiger partial charge in [0.15, 0.2) is 5.78 Å². The second-order valence-corrected chi connectivity index (χ2v) is 6.35. The molecule has 1 unspecified atom stereocenters. The number of aliphatic hydroxyl groups excluding tert-OH is 1. The fourth-order valence-electron chi connectivity index (χ4n) is 1.64. The molecule has 0 heterocycles. The molecule has 0 aliphatic carbocycles. The lowest BCUT2D eigenvalue weighted by Gasteiger charge is -2.29. The van der Waals surface area contributed by atoms with Crippen LogP contribution < -0.4 is 0 Å². The first-order chi connectivity index (χ1) is 8.53. The number of ketones is 1. The Hall–Kier alpha value is -0.533. The van der Waals surface area contributed by atoms with Crippen LogP contribution in [0.1, 0.15) is 27.2 Å². The fraction of sp³-hybridized carbons (Fsp3) is 0.750. The maximum Gasteiger partial charge on any atom is 0.503 e. The highest BCUT2D eigenvalue weighted by atomic mass is 28.4. The maximum atomic E-state index is 11.2. The minimum atomic E-state index is -2.87. The van der Waals surface area contributed by atoms with E-state index in [1.54, 1.807) is 0 Å². The zero-order valence-corrected chi connectivity index (χ0v) is 12.5. The lowest BCUT2D eigenvalue weighted by molar-refractivity contribution is -0.116. The Kier molecular flexibility index (Phi) is 9.13. The van der Waals surface area contributed by atoms with Crippen LogP contribution in [-0.2, 0) is 18.1 Å². The van der Waals surface area contributed by atoms with Gasteiger partial charge in [-0.2, -0.15) is 0 Å². The van der Waals surface area contributed by atoms with Crippen LogP contribution in [0, 0.1) is 0 Å². The van der Waals surface area contributed by atoms with Crippen molar-refractivity contribution in [2.75, 3.05) is 19.8 Å². The molecule has 0 aromatic heterocycles. The van der Waals surface area contributed by atoms with Gasteiger partial charge in [0.25, 0.3) is 0 Å². The molecule has 1 N–H and O–H groups in total. The zero-order valence-electron chi connectivity index (χ0n) is 11.5. The third-order valence-corrected chi connectivity index (χ3v) is 5.40. The molecular weight excluding hydrogens is 252 g/mol. The molecule has 18 heavy (non-hydrogen) atoms. The molecule has 0 spiro atoms. The van der Waals surface area contributed by atoms with E-state index in [4.69, 9.17) is 13.3 Å². The summed E-state index contributed by atoms with van der Waals surface area (Å²) >= 11 is 0. The summed E-state index contributed by atoms with van der Waals surface area (Å²) in [6, 6.07) is 0.224. The van der Waals surface area contributed by atoms with Gasteiger partial charge in [0, 0.05) is 32.3 Å². The van der Waals surface area contributed by atoms with Crippen LogP contribution >= 0.6 is 0 Å². The highest BCUT2D eigenvalue weighted by molar-refractivity contribution is 6.60. The quantitative estimate of drug-likeness (QED) is 0.458. The van der Waals surface area contributed by atoms with Gasteiger partial charge >= 0.3 is 8.80 Å². The molecule has 0 aromatic rings. The zero-order chi connectivity index (χ0) is 14.0. The Morgan fingerprint density at radius 2 is 1.67 bits per heavy atom. The van der Waals surface area contributed by atoms with E-state index in [2.05, 4.69) is 6.58 Å². The van der Waals surface area contributed by atoms with Gasteiger partial charge in [-0.25, -0.2) is 0 Å². The Morgan fingerprint density at radius 3 is 2.00 bits per heavy atom. The van der Waals surface area contributed by atoms with Crippen molar-refractivity contribution < 1.29 is 23.2 Å². The van der Waals surface area contributed by atoms with E-state index in [-0.39, 0.29) is 18.2 Å². The largest absolute Gasteiger partial charge is 0.503 e. The van der Waals surface area contributed by atoms with E-state index in [1.165, 1.54) is 6.08 Å². The molecule has 0 saturated carbocycles. The molecule has 6 heteroatoms. The van der Waals surface area contributed by atoms with Gasteiger partial charge in [-0.05, 0) is 26.8 Å². The van der Waals surface area contributed by atoms with E-state index < -0.39 is 14.9 Å². The molecule has 106 valence electrons. The summed E-state index contributed by atoms with van der Waals surface area (Å²) in [6.45, 7) is 10.3. The molecule has 0 radical (unpaired) electrons. The van der Waals surface area contributed by atoms with Crippen LogP contribution in [0.4, 0.5) is 0 Å². The molecule has 5 nitrogen and oxygen atoms in total. The summed E-state index contributed by atoms with van der Waals surface area (Å²) in [4.78, 5) is 11.2. The second-order valence-electron chi connectivity index (χ2n) is 3.71. The Morgan fingerprint density at radius 1 is 1.22 bits per heavy atom. The van der Waals surface area contributed by atoms with Gasteiger partial charge in [0.05, 0.1) is 6.10 Å². The summed E-state index contributed by atoms with van der Waals surface area (Å²) in [5.74, 6) is -0.199. The van der Waals surface area contributed by atoms with Crippen molar-refractivity contribution in [2.24, 2.45) is 0 Å². The van der Waals surface area contributed by atoms with E-state index in [0.717, 1.165) is 0 Å². The number of carbonyl (C=O) groups excluding carboxylic acids is 1. The topological polar surface area (TPSA) is 65.0 Å². The molecule has 0 fully saturated rings. The first-order valence-corrected chi connectivity index (χ1v) is 8.21. The molecule has 0 aliphatic rings. The molecule has 0 aliphatic heterocycles. The maximum absolute atomic E-state index is 11.2. The Bertz CT molecular complexity index is 240. The minimum Gasteiger partial charge on any atom is -0.393 e. The normalized spacial score (nSPS) is 13.3. The van der Waals surface area contributed by atoms with Gasteiger partial charge in [0.2, 0.25) is 0 Å². The third kappa shape index (κ3) is 6.41. The molecule has 0 bridgehead atoms. The van der Waals surface area contributed by atoms with Crippen molar-refractivity contribution in [3.05, 3.63) is 12.7 Å². The van der Waals surface area contributed by atoms with Gasteiger partial charge in [0.1, 0.15) is 0 Å². The average molecular weight is 276 g/mol. The summed E-state index contributed by atoms with van der Waals surface area (Å²) < 4.78 is 16.8. The van der Waals surface area contributed by atoms with Gasteiger partial charge < -0.3 is 18.4 Å². The molecule has 0 rings (SSSR count). The fourth-order valence-corrected chi connectivity index (χ4v) is 4.28. The smallest absolute Gasteiger partial charge is 0.393 e. The van der Waals surface area contributed by atoms with Crippen LogP contribution in [0.2, 0.25) is 6.04 Å². The number of hydrogen-bond acceptors (Lipinski definition) is 5. The SMILES string of the molecule is C=CC(=O)CC(O)C[Si](OCC)(OCC)OCC. The van der Waals surface area contributed by atoms with Gasteiger partial charge in [-0.1, -0.05) is 6.58 Å². The van der Waals surface area contributed by atoms with Crippen molar-refractivity contribution in [3.63, 3.8) is 0 Å². The molecular formula is C12H24O5Si. The summed E-state index contributed by atoms with van der Waals surface area (Å²) in [6.07, 6.45) is 0.395. The van der Waals surface area contributed by atoms with Crippen LogP contribution in [0.5, 0.6) is 0 Å². The number of allylic oxidation sites excluding steroid dienone is 1. The van der Waals surface area contributed by atoms with E-state index in [0.29, 0.717) is 19.8 Å².